The maximum Gasteiger partial charge on any atom is 0.257 e. The molecule has 8 heteroatoms. The molecule has 6 nitrogen and oxygen atoms in total. The van der Waals surface area contributed by atoms with Crippen LogP contribution in [0.2, 0.25) is 5.02 Å². The molecule has 176 valence electrons. The number of nitrogens with zero attached hydrogens (tertiary/aromatic N) is 1. The first-order chi connectivity index (χ1) is 16.9. The van der Waals surface area contributed by atoms with Crippen LogP contribution >= 0.6 is 11.6 Å². The maximum atomic E-state index is 13.1. The fourth-order valence-corrected chi connectivity index (χ4v) is 5.67. The largest absolute Gasteiger partial charge is 0.322 e. The molecule has 1 aromatic heterocycles. The Morgan fingerprint density at radius 2 is 1.63 bits per heavy atom. The zero-order valence-electron chi connectivity index (χ0n) is 18.6. The molecule has 0 spiro atoms. The summed E-state index contributed by atoms with van der Waals surface area (Å²) in [5, 5.41) is 3.56. The highest BCUT2D eigenvalue weighted by Crippen LogP contribution is 2.28. The number of fused-ring (bicyclic) bond motifs is 1. The van der Waals surface area contributed by atoms with Gasteiger partial charge in [-0.3, -0.25) is 9.78 Å². The predicted octanol–water partition coefficient (Wildman–Crippen LogP) is 5.10. The smallest absolute Gasteiger partial charge is 0.257 e. The average Bonchev–Trinajstić information content (AvgIpc) is 3.26. The van der Waals surface area contributed by atoms with Crippen LogP contribution < -0.4 is 10.0 Å². The Morgan fingerprint density at radius 1 is 0.886 bits per heavy atom. The predicted molar refractivity (Wildman–Crippen MR) is 137 cm³/mol. The fraction of sp³-hybridized carbons (Fsp3) is 0.111. The molecule has 4 aromatic rings. The van der Waals surface area contributed by atoms with E-state index in [1.165, 1.54) is 0 Å². The van der Waals surface area contributed by atoms with Gasteiger partial charge < -0.3 is 5.32 Å². The SMILES string of the molecule is O=C(Nc1ccc2c(c1)CC(NS(=O)(=O)c1ccccc1)C2)c1cccnc1-c1ccc(Cl)cc1. The number of pyridine rings is 1. The Balaban J connectivity index is 1.31. The van der Waals surface area contributed by atoms with Gasteiger partial charge in [-0.15, -0.1) is 0 Å². The molecule has 1 atom stereocenters. The molecule has 1 amide bonds. The summed E-state index contributed by atoms with van der Waals surface area (Å²) in [6, 6.07) is 24.4. The number of nitrogens with one attached hydrogen (secondary N) is 2. The summed E-state index contributed by atoms with van der Waals surface area (Å²) in [7, 11) is -3.60. The van der Waals surface area contributed by atoms with Gasteiger partial charge >= 0.3 is 0 Å². The minimum Gasteiger partial charge on any atom is -0.322 e. The van der Waals surface area contributed by atoms with Crippen LogP contribution in [0.4, 0.5) is 5.69 Å². The molecule has 35 heavy (non-hydrogen) atoms. The second kappa shape index (κ2) is 9.62. The van der Waals surface area contributed by atoms with Crippen molar-refractivity contribution in [3.63, 3.8) is 0 Å². The van der Waals surface area contributed by atoms with Crippen molar-refractivity contribution < 1.29 is 13.2 Å². The van der Waals surface area contributed by atoms with Crippen molar-refractivity contribution in [1.82, 2.24) is 9.71 Å². The maximum absolute atomic E-state index is 13.1. The molecule has 0 saturated carbocycles. The number of carbonyl (C=O) groups excluding carboxylic acids is 1. The highest BCUT2D eigenvalue weighted by Gasteiger charge is 2.27. The van der Waals surface area contributed by atoms with Crippen molar-refractivity contribution in [3.8, 4) is 11.3 Å². The Kier molecular flexibility index (Phi) is 6.38. The van der Waals surface area contributed by atoms with E-state index in [0.29, 0.717) is 34.8 Å². The first-order valence-electron chi connectivity index (χ1n) is 11.1. The number of halogens is 1. The van der Waals surface area contributed by atoms with E-state index in [4.69, 9.17) is 11.6 Å². The number of rotatable bonds is 6. The molecule has 0 saturated heterocycles. The van der Waals surface area contributed by atoms with Gasteiger partial charge in [0.25, 0.3) is 5.91 Å². The molecule has 5 rings (SSSR count). The van der Waals surface area contributed by atoms with Crippen LogP contribution in [0.1, 0.15) is 21.5 Å². The molecular formula is C27H22ClN3O3S. The third-order valence-electron chi connectivity index (χ3n) is 5.94. The highest BCUT2D eigenvalue weighted by atomic mass is 35.5. The number of benzene rings is 3. The number of amides is 1. The van der Waals surface area contributed by atoms with E-state index >= 15 is 0 Å². The molecule has 2 N–H and O–H groups in total. The van der Waals surface area contributed by atoms with Crippen molar-refractivity contribution in [2.75, 3.05) is 5.32 Å². The third-order valence-corrected chi connectivity index (χ3v) is 7.73. The van der Waals surface area contributed by atoms with Crippen LogP contribution in [0.15, 0.2) is 96.0 Å². The lowest BCUT2D eigenvalue weighted by Gasteiger charge is -2.12. The van der Waals surface area contributed by atoms with Gasteiger partial charge in [-0.1, -0.05) is 48.0 Å². The summed E-state index contributed by atoms with van der Waals surface area (Å²) >= 11 is 5.99. The molecule has 0 aliphatic heterocycles. The summed E-state index contributed by atoms with van der Waals surface area (Å²) in [6.45, 7) is 0. The monoisotopic (exact) mass is 503 g/mol. The van der Waals surface area contributed by atoms with Crippen LogP contribution in [0.5, 0.6) is 0 Å². The molecule has 1 unspecified atom stereocenters. The Hall–Kier alpha value is -3.52. The third kappa shape index (κ3) is 5.12. The van der Waals surface area contributed by atoms with Crippen molar-refractivity contribution in [2.24, 2.45) is 0 Å². The lowest BCUT2D eigenvalue weighted by atomic mass is 10.0. The Bertz CT molecular complexity index is 1490. The van der Waals surface area contributed by atoms with E-state index in [1.54, 1.807) is 60.8 Å². The van der Waals surface area contributed by atoms with E-state index in [2.05, 4.69) is 15.0 Å². The molecule has 1 heterocycles. The average molecular weight is 504 g/mol. The zero-order chi connectivity index (χ0) is 24.4. The lowest BCUT2D eigenvalue weighted by Crippen LogP contribution is -2.35. The number of aromatic nitrogens is 1. The number of sulfonamides is 1. The topological polar surface area (TPSA) is 88.2 Å². The normalized spacial score (nSPS) is 14.9. The summed E-state index contributed by atoms with van der Waals surface area (Å²) < 4.78 is 28.2. The minimum atomic E-state index is -3.60. The number of hydrogen-bond donors (Lipinski definition) is 2. The Labute approximate surface area is 209 Å². The molecular weight excluding hydrogens is 482 g/mol. The summed E-state index contributed by atoms with van der Waals surface area (Å²) in [6.07, 6.45) is 2.79. The number of anilines is 1. The van der Waals surface area contributed by atoms with Gasteiger partial charge in [0.1, 0.15) is 0 Å². The van der Waals surface area contributed by atoms with Crippen LogP contribution in [0, 0.1) is 0 Å². The van der Waals surface area contributed by atoms with Crippen LogP contribution in [-0.4, -0.2) is 25.4 Å². The van der Waals surface area contributed by atoms with E-state index < -0.39 is 10.0 Å². The second-order valence-corrected chi connectivity index (χ2v) is 10.5. The van der Waals surface area contributed by atoms with Crippen molar-refractivity contribution >= 4 is 33.2 Å². The summed E-state index contributed by atoms with van der Waals surface area (Å²) in [5.41, 5.74) is 4.52. The van der Waals surface area contributed by atoms with Crippen molar-refractivity contribution in [2.45, 2.75) is 23.8 Å². The van der Waals surface area contributed by atoms with Gasteiger partial charge in [0.15, 0.2) is 0 Å². The lowest BCUT2D eigenvalue weighted by molar-refractivity contribution is 0.102. The van der Waals surface area contributed by atoms with Gasteiger partial charge in [-0.25, -0.2) is 13.1 Å². The molecule has 0 fully saturated rings. The molecule has 0 bridgehead atoms. The fourth-order valence-electron chi connectivity index (χ4n) is 4.29. The molecule has 3 aromatic carbocycles. The summed E-state index contributed by atoms with van der Waals surface area (Å²) in [4.78, 5) is 17.8. The number of hydrogen-bond acceptors (Lipinski definition) is 4. The first-order valence-corrected chi connectivity index (χ1v) is 13.0. The molecule has 1 aliphatic rings. The van der Waals surface area contributed by atoms with Gasteiger partial charge in [-0.2, -0.15) is 0 Å². The van der Waals surface area contributed by atoms with Gasteiger partial charge in [0, 0.05) is 28.5 Å². The van der Waals surface area contributed by atoms with Gasteiger partial charge in [-0.05, 0) is 72.5 Å². The summed E-state index contributed by atoms with van der Waals surface area (Å²) in [5.74, 6) is -0.276. The van der Waals surface area contributed by atoms with E-state index in [9.17, 15) is 13.2 Å². The number of carbonyl (C=O) groups is 1. The van der Waals surface area contributed by atoms with Gasteiger partial charge in [0.05, 0.1) is 16.2 Å². The zero-order valence-corrected chi connectivity index (χ0v) is 20.2. The van der Waals surface area contributed by atoms with E-state index in [1.807, 2.05) is 30.3 Å². The van der Waals surface area contributed by atoms with E-state index in [-0.39, 0.29) is 16.8 Å². The first kappa shape index (κ1) is 23.2. The van der Waals surface area contributed by atoms with Gasteiger partial charge in [0.2, 0.25) is 10.0 Å². The van der Waals surface area contributed by atoms with Crippen LogP contribution in [0.3, 0.4) is 0 Å². The Morgan fingerprint density at radius 3 is 2.40 bits per heavy atom. The van der Waals surface area contributed by atoms with Crippen molar-refractivity contribution in [3.05, 3.63) is 113 Å². The van der Waals surface area contributed by atoms with Crippen LogP contribution in [-0.2, 0) is 22.9 Å². The second-order valence-electron chi connectivity index (χ2n) is 8.38. The van der Waals surface area contributed by atoms with E-state index in [0.717, 1.165) is 16.7 Å². The van der Waals surface area contributed by atoms with Crippen LogP contribution in [0.25, 0.3) is 11.3 Å². The molecule has 0 radical (unpaired) electrons. The molecule has 1 aliphatic carbocycles. The minimum absolute atomic E-state index is 0.240. The standard InChI is InChI=1S/C27H22ClN3O3S/c28-21-11-8-18(9-12-21)26-25(7-4-14-29-26)27(32)30-22-13-10-19-15-23(17-20(19)16-22)31-35(33,34)24-5-2-1-3-6-24/h1-14,16,23,31H,15,17H2,(H,30,32). The quantitative estimate of drug-likeness (QED) is 0.383. The highest BCUT2D eigenvalue weighted by molar-refractivity contribution is 7.89. The van der Waals surface area contributed by atoms with Crippen molar-refractivity contribution in [1.29, 1.82) is 0 Å².